The van der Waals surface area contributed by atoms with E-state index in [9.17, 15) is 4.79 Å². The van der Waals surface area contributed by atoms with Crippen molar-refractivity contribution in [1.82, 2.24) is 10.4 Å². The minimum absolute atomic E-state index is 0.211. The van der Waals surface area contributed by atoms with Crippen molar-refractivity contribution in [3.8, 4) is 0 Å². The van der Waals surface area contributed by atoms with Crippen molar-refractivity contribution < 1.29 is 4.79 Å². The molecule has 0 aliphatic rings. The third kappa shape index (κ3) is 4.35. The Hall–Kier alpha value is -2.53. The molecule has 0 spiro atoms. The van der Waals surface area contributed by atoms with Crippen LogP contribution in [0.3, 0.4) is 0 Å². The summed E-state index contributed by atoms with van der Waals surface area (Å²) < 4.78 is 0. The number of hydrogen-bond donors (Lipinski definition) is 1. The molecular weight excluding hydrogens is 342 g/mol. The van der Waals surface area contributed by atoms with Gasteiger partial charge in [0.05, 0.1) is 17.3 Å². The highest BCUT2D eigenvalue weighted by atomic mass is 32.1. The number of carbonyl (C=O) groups is 1. The second kappa shape index (κ2) is 8.23. The Morgan fingerprint density at radius 1 is 1.27 bits per heavy atom. The maximum absolute atomic E-state index is 12.7. The van der Waals surface area contributed by atoms with Crippen LogP contribution in [0.1, 0.15) is 46.6 Å². The lowest BCUT2D eigenvalue weighted by atomic mass is 10.0. The number of aromatic nitrogens is 1. The topological polar surface area (TPSA) is 54.4 Å². The van der Waals surface area contributed by atoms with Gasteiger partial charge in [-0.15, -0.1) is 11.3 Å². The van der Waals surface area contributed by atoms with Crippen LogP contribution in [0.4, 0.5) is 0 Å². The van der Waals surface area contributed by atoms with Crippen molar-refractivity contribution >= 4 is 34.4 Å². The average molecular weight is 366 g/mol. The summed E-state index contributed by atoms with van der Waals surface area (Å²) in [6.45, 7) is 6.41. The number of nitrogens with zero attached hydrogens (tertiary/aromatic N) is 2. The van der Waals surface area contributed by atoms with Crippen molar-refractivity contribution in [2.24, 2.45) is 11.0 Å². The van der Waals surface area contributed by atoms with Gasteiger partial charge in [0.1, 0.15) is 0 Å². The summed E-state index contributed by atoms with van der Waals surface area (Å²) in [4.78, 5) is 19.7. The molecule has 0 saturated carbocycles. The minimum atomic E-state index is -0.211. The number of carbonyl (C=O) groups excluding carboxylic acids is 1. The molecule has 0 fully saturated rings. The fraction of sp³-hybridized carbons (Fsp3) is 0.286. The molecule has 2 aromatic heterocycles. The van der Waals surface area contributed by atoms with Crippen LogP contribution in [0.5, 0.6) is 0 Å². The lowest BCUT2D eigenvalue weighted by molar-refractivity contribution is 0.0956. The molecule has 0 aliphatic heterocycles. The van der Waals surface area contributed by atoms with Gasteiger partial charge in [0.2, 0.25) is 0 Å². The Morgan fingerprint density at radius 3 is 2.81 bits per heavy atom. The number of hydrogen-bond acceptors (Lipinski definition) is 4. The molecule has 0 unspecified atom stereocenters. The zero-order valence-electron chi connectivity index (χ0n) is 15.3. The third-order valence-electron chi connectivity index (χ3n) is 4.02. The first-order valence-corrected chi connectivity index (χ1v) is 9.69. The molecule has 0 atom stereocenters. The minimum Gasteiger partial charge on any atom is -0.267 e. The summed E-state index contributed by atoms with van der Waals surface area (Å²) in [5.74, 6) is 0.265. The highest BCUT2D eigenvalue weighted by Gasteiger charge is 2.13. The number of rotatable bonds is 6. The zero-order valence-corrected chi connectivity index (χ0v) is 16.1. The molecule has 4 nitrogen and oxygen atoms in total. The molecule has 0 aliphatic carbocycles. The van der Waals surface area contributed by atoms with Gasteiger partial charge in [0.25, 0.3) is 5.91 Å². The van der Waals surface area contributed by atoms with Gasteiger partial charge in [0.15, 0.2) is 0 Å². The number of thiophene rings is 1. The highest BCUT2D eigenvalue weighted by molar-refractivity contribution is 7.13. The number of para-hydroxylation sites is 1. The Bertz CT molecular complexity index is 943. The van der Waals surface area contributed by atoms with Gasteiger partial charge in [-0.25, -0.2) is 5.43 Å². The summed E-state index contributed by atoms with van der Waals surface area (Å²) >= 11 is 1.68. The molecule has 134 valence electrons. The molecule has 3 aromatic rings. The van der Waals surface area contributed by atoms with Crippen LogP contribution in [0.2, 0.25) is 0 Å². The first kappa shape index (κ1) is 18.3. The lowest BCUT2D eigenvalue weighted by Gasteiger charge is -2.10. The van der Waals surface area contributed by atoms with Crippen LogP contribution in [-0.2, 0) is 12.8 Å². The van der Waals surface area contributed by atoms with Crippen LogP contribution in [0.25, 0.3) is 10.9 Å². The summed E-state index contributed by atoms with van der Waals surface area (Å²) in [5, 5.41) is 4.97. The fourth-order valence-electron chi connectivity index (χ4n) is 2.81. The maximum atomic E-state index is 12.7. The molecule has 26 heavy (non-hydrogen) atoms. The van der Waals surface area contributed by atoms with Gasteiger partial charge in [0, 0.05) is 20.8 Å². The smallest absolute Gasteiger partial charge is 0.267 e. The van der Waals surface area contributed by atoms with Gasteiger partial charge in [-0.2, -0.15) is 5.10 Å². The molecule has 2 heterocycles. The van der Waals surface area contributed by atoms with E-state index >= 15 is 0 Å². The molecule has 3 rings (SSSR count). The van der Waals surface area contributed by atoms with E-state index in [2.05, 4.69) is 42.3 Å². The maximum Gasteiger partial charge on any atom is 0.272 e. The number of fused-ring (bicyclic) bond motifs is 1. The van der Waals surface area contributed by atoms with Crippen LogP contribution in [0.15, 0.2) is 47.6 Å². The zero-order chi connectivity index (χ0) is 18.5. The van der Waals surface area contributed by atoms with E-state index in [0.29, 0.717) is 11.5 Å². The van der Waals surface area contributed by atoms with Gasteiger partial charge in [-0.3, -0.25) is 9.78 Å². The first-order valence-electron chi connectivity index (χ1n) is 8.87. The number of nitrogens with one attached hydrogen (secondary N) is 1. The highest BCUT2D eigenvalue weighted by Crippen LogP contribution is 2.20. The Morgan fingerprint density at radius 2 is 2.08 bits per heavy atom. The second-order valence-electron chi connectivity index (χ2n) is 6.63. The van der Waals surface area contributed by atoms with Crippen LogP contribution >= 0.6 is 11.3 Å². The van der Waals surface area contributed by atoms with Crippen molar-refractivity contribution in [3.63, 3.8) is 0 Å². The number of hydrazone groups is 1. The van der Waals surface area contributed by atoms with E-state index in [1.54, 1.807) is 17.6 Å². The molecule has 1 amide bonds. The lowest BCUT2D eigenvalue weighted by Crippen LogP contribution is -2.18. The summed E-state index contributed by atoms with van der Waals surface area (Å²) in [6.07, 6.45) is 3.54. The normalized spacial score (nSPS) is 11.5. The van der Waals surface area contributed by atoms with Crippen molar-refractivity contribution in [3.05, 3.63) is 63.5 Å². The summed E-state index contributed by atoms with van der Waals surface area (Å²) in [7, 11) is 0. The predicted molar refractivity (Wildman–Crippen MR) is 109 cm³/mol. The van der Waals surface area contributed by atoms with Crippen molar-refractivity contribution in [1.29, 1.82) is 0 Å². The predicted octanol–water partition coefficient (Wildman–Crippen LogP) is 4.82. The van der Waals surface area contributed by atoms with E-state index in [1.165, 1.54) is 4.88 Å². The molecule has 0 saturated heterocycles. The fourth-order valence-corrected chi connectivity index (χ4v) is 3.63. The molecule has 1 aromatic carbocycles. The molecular formula is C21H23N3OS. The quantitative estimate of drug-likeness (QED) is 0.503. The van der Waals surface area contributed by atoms with Crippen molar-refractivity contribution in [2.45, 2.75) is 33.6 Å². The largest absolute Gasteiger partial charge is 0.272 e. The van der Waals surface area contributed by atoms with Crippen LogP contribution < -0.4 is 5.43 Å². The summed E-state index contributed by atoms with van der Waals surface area (Å²) in [5.41, 5.74) is 5.04. The van der Waals surface area contributed by atoms with E-state index in [1.807, 2.05) is 36.4 Å². The van der Waals surface area contributed by atoms with Gasteiger partial charge in [-0.05, 0) is 43.0 Å². The van der Waals surface area contributed by atoms with Gasteiger partial charge >= 0.3 is 0 Å². The summed E-state index contributed by atoms with van der Waals surface area (Å²) in [6, 6.07) is 13.7. The van der Waals surface area contributed by atoms with Crippen molar-refractivity contribution in [2.75, 3.05) is 0 Å². The molecule has 1 N–H and O–H groups in total. The Kier molecular flexibility index (Phi) is 5.78. The standard InChI is InChI=1S/C21H23N3OS/c1-4-16-9-10-17(26-16)13-22-24-21(25)19-12-15(11-14(2)3)23-20-8-6-5-7-18(19)20/h5-10,12-14H,4,11H2,1-3H3,(H,24,25)/b22-13-. The third-order valence-corrected chi connectivity index (χ3v) is 5.18. The second-order valence-corrected chi connectivity index (χ2v) is 7.83. The molecule has 0 bridgehead atoms. The SMILES string of the molecule is CCc1ccc(/C=N\NC(=O)c2cc(CC(C)C)nc3ccccc23)s1. The van der Waals surface area contributed by atoms with E-state index in [4.69, 9.17) is 0 Å². The number of benzene rings is 1. The first-order chi connectivity index (χ1) is 12.6. The Balaban J connectivity index is 1.84. The van der Waals surface area contributed by atoms with Gasteiger partial charge < -0.3 is 0 Å². The number of pyridine rings is 1. The molecule has 0 radical (unpaired) electrons. The number of aryl methyl sites for hydroxylation is 1. The molecule has 5 heteroatoms. The average Bonchev–Trinajstić information content (AvgIpc) is 3.08. The van der Waals surface area contributed by atoms with E-state index in [-0.39, 0.29) is 5.91 Å². The van der Waals surface area contributed by atoms with Crippen LogP contribution in [-0.4, -0.2) is 17.1 Å². The monoisotopic (exact) mass is 365 g/mol. The van der Waals surface area contributed by atoms with Gasteiger partial charge in [-0.1, -0.05) is 39.0 Å². The van der Waals surface area contributed by atoms with E-state index < -0.39 is 0 Å². The van der Waals surface area contributed by atoms with E-state index in [0.717, 1.165) is 34.3 Å². The Labute approximate surface area is 158 Å². The van der Waals surface area contributed by atoms with Crippen LogP contribution in [0, 0.1) is 5.92 Å². The number of amides is 1.